The summed E-state index contributed by atoms with van der Waals surface area (Å²) >= 11 is 0. The fourth-order valence-corrected chi connectivity index (χ4v) is 3.61. The fourth-order valence-electron chi connectivity index (χ4n) is 3.61. The molecule has 0 bridgehead atoms. The Morgan fingerprint density at radius 1 is 1.21 bits per heavy atom. The summed E-state index contributed by atoms with van der Waals surface area (Å²) in [4.78, 5) is 37.4. The molecule has 0 N–H and O–H groups in total. The van der Waals surface area contributed by atoms with Gasteiger partial charge in [0.15, 0.2) is 18.1 Å². The van der Waals surface area contributed by atoms with Crippen LogP contribution in [-0.4, -0.2) is 42.7 Å². The van der Waals surface area contributed by atoms with E-state index >= 15 is 0 Å². The molecule has 0 aromatic heterocycles. The van der Waals surface area contributed by atoms with Crippen LogP contribution in [0.5, 0.6) is 11.5 Å². The molecule has 1 atom stereocenters. The molecule has 0 spiro atoms. The van der Waals surface area contributed by atoms with Crippen molar-refractivity contribution in [2.24, 2.45) is 0 Å². The monoisotopic (exact) mass is 398 g/mol. The van der Waals surface area contributed by atoms with Gasteiger partial charge < -0.3 is 19.1 Å². The summed E-state index contributed by atoms with van der Waals surface area (Å²) in [5.41, 5.74) is 1.07. The number of hydrogen-bond acceptors (Lipinski definition) is 7. The predicted octanol–water partition coefficient (Wildman–Crippen LogP) is 2.50. The molecule has 150 valence electrons. The summed E-state index contributed by atoms with van der Waals surface area (Å²) in [5.74, 6) is -0.946. The van der Waals surface area contributed by atoms with Crippen LogP contribution in [0.1, 0.15) is 22.8 Å². The highest BCUT2D eigenvalue weighted by atomic mass is 16.6. The van der Waals surface area contributed by atoms with Crippen molar-refractivity contribution in [1.82, 2.24) is 0 Å². The fraction of sp³-hybridized carbons (Fsp3) is 0.300. The first-order valence-electron chi connectivity index (χ1n) is 9.11. The lowest BCUT2D eigenvalue weighted by atomic mass is 10.1. The molecule has 0 fully saturated rings. The molecule has 0 saturated carbocycles. The zero-order valence-electron chi connectivity index (χ0n) is 15.6. The molecular formula is C20H18N2O7. The van der Waals surface area contributed by atoms with Crippen molar-refractivity contribution in [3.8, 4) is 11.5 Å². The zero-order valence-corrected chi connectivity index (χ0v) is 15.6. The normalized spacial score (nSPS) is 16.9. The van der Waals surface area contributed by atoms with Gasteiger partial charge in [-0.2, -0.15) is 0 Å². The van der Waals surface area contributed by atoms with Gasteiger partial charge in [0, 0.05) is 17.8 Å². The van der Waals surface area contributed by atoms with Gasteiger partial charge in [-0.05, 0) is 25.0 Å². The van der Waals surface area contributed by atoms with E-state index < -0.39 is 29.1 Å². The second-order valence-electron chi connectivity index (χ2n) is 6.79. The molecular weight excluding hydrogens is 380 g/mol. The summed E-state index contributed by atoms with van der Waals surface area (Å²) < 4.78 is 15.8. The lowest BCUT2D eigenvalue weighted by molar-refractivity contribution is -0.385. The van der Waals surface area contributed by atoms with E-state index in [2.05, 4.69) is 0 Å². The van der Waals surface area contributed by atoms with E-state index in [-0.39, 0.29) is 36.3 Å². The first-order chi connectivity index (χ1) is 14.0. The van der Waals surface area contributed by atoms with Gasteiger partial charge >= 0.3 is 5.97 Å². The summed E-state index contributed by atoms with van der Waals surface area (Å²) in [6.45, 7) is 1.91. The van der Waals surface area contributed by atoms with Gasteiger partial charge in [0.05, 0.1) is 11.0 Å². The third kappa shape index (κ3) is 3.46. The Morgan fingerprint density at radius 2 is 1.90 bits per heavy atom. The van der Waals surface area contributed by atoms with E-state index in [1.807, 2.05) is 31.2 Å². The van der Waals surface area contributed by atoms with Crippen LogP contribution in [0, 0.1) is 10.1 Å². The second kappa shape index (κ2) is 7.42. The molecule has 2 aromatic carbocycles. The number of fused-ring (bicyclic) bond motifs is 2. The molecule has 2 aliphatic heterocycles. The molecule has 2 aliphatic rings. The van der Waals surface area contributed by atoms with Crippen LogP contribution in [0.15, 0.2) is 36.4 Å². The van der Waals surface area contributed by atoms with E-state index in [1.54, 1.807) is 4.90 Å². The summed E-state index contributed by atoms with van der Waals surface area (Å²) in [5, 5.41) is 11.4. The van der Waals surface area contributed by atoms with Crippen molar-refractivity contribution in [1.29, 1.82) is 0 Å². The maximum Gasteiger partial charge on any atom is 0.345 e. The zero-order chi connectivity index (χ0) is 20.5. The molecule has 0 saturated heterocycles. The number of ether oxygens (including phenoxy) is 3. The number of rotatable bonds is 4. The molecule has 4 rings (SSSR count). The third-order valence-corrected chi connectivity index (χ3v) is 4.88. The smallest absolute Gasteiger partial charge is 0.345 e. The van der Waals surface area contributed by atoms with Gasteiger partial charge in [-0.15, -0.1) is 0 Å². The van der Waals surface area contributed by atoms with Gasteiger partial charge in [0.1, 0.15) is 18.8 Å². The summed E-state index contributed by atoms with van der Waals surface area (Å²) in [6.07, 6.45) is 0.712. The quantitative estimate of drug-likeness (QED) is 0.442. The Balaban J connectivity index is 1.52. The van der Waals surface area contributed by atoms with Crippen LogP contribution in [-0.2, 0) is 16.0 Å². The number of nitro groups is 1. The topological polar surface area (TPSA) is 108 Å². The Hall–Kier alpha value is -3.62. The lowest BCUT2D eigenvalue weighted by Crippen LogP contribution is -2.38. The van der Waals surface area contributed by atoms with Crippen molar-refractivity contribution in [3.63, 3.8) is 0 Å². The number of carbonyl (C=O) groups excluding carboxylic acids is 2. The Bertz CT molecular complexity index is 1000. The number of anilines is 1. The number of para-hydroxylation sites is 1. The Labute approximate surface area is 165 Å². The highest BCUT2D eigenvalue weighted by Gasteiger charge is 2.32. The van der Waals surface area contributed by atoms with Gasteiger partial charge in [-0.3, -0.25) is 14.9 Å². The number of esters is 1. The van der Waals surface area contributed by atoms with Crippen molar-refractivity contribution >= 4 is 23.3 Å². The predicted molar refractivity (Wildman–Crippen MR) is 101 cm³/mol. The highest BCUT2D eigenvalue weighted by molar-refractivity contribution is 6.00. The average Bonchev–Trinajstić information content (AvgIpc) is 3.06. The second-order valence-corrected chi connectivity index (χ2v) is 6.79. The average molecular weight is 398 g/mol. The standard InChI is InChI=1S/C20H18N2O7/c1-12-8-13-4-2-3-5-15(13)21(12)19(23)11-29-20(24)14-9-17-18(28-7-6-27-17)10-16(14)22(25)26/h2-5,9-10,12H,6-8,11H2,1H3/t12-/m1/s1. The summed E-state index contributed by atoms with van der Waals surface area (Å²) in [7, 11) is 0. The number of carbonyl (C=O) groups is 2. The number of hydrogen-bond donors (Lipinski definition) is 0. The van der Waals surface area contributed by atoms with Gasteiger partial charge in [0.25, 0.3) is 11.6 Å². The SMILES string of the molecule is C[C@@H]1Cc2ccccc2N1C(=O)COC(=O)c1cc2c(cc1[N+](=O)[O-])OCCO2. The van der Waals surface area contributed by atoms with Crippen molar-refractivity contribution < 1.29 is 28.7 Å². The van der Waals surface area contributed by atoms with Crippen molar-refractivity contribution in [2.45, 2.75) is 19.4 Å². The third-order valence-electron chi connectivity index (χ3n) is 4.88. The van der Waals surface area contributed by atoms with E-state index in [0.29, 0.717) is 6.42 Å². The molecule has 9 heteroatoms. The minimum Gasteiger partial charge on any atom is -0.486 e. The van der Waals surface area contributed by atoms with E-state index in [0.717, 1.165) is 17.3 Å². The highest BCUT2D eigenvalue weighted by Crippen LogP contribution is 2.37. The van der Waals surface area contributed by atoms with Gasteiger partial charge in [0.2, 0.25) is 0 Å². The molecule has 0 unspecified atom stereocenters. The lowest BCUT2D eigenvalue weighted by Gasteiger charge is -2.22. The number of amides is 1. The van der Waals surface area contributed by atoms with Crippen LogP contribution in [0.2, 0.25) is 0 Å². The van der Waals surface area contributed by atoms with Gasteiger partial charge in [-0.1, -0.05) is 18.2 Å². The van der Waals surface area contributed by atoms with Crippen LogP contribution >= 0.6 is 0 Å². The summed E-state index contributed by atoms with van der Waals surface area (Å²) in [6, 6.07) is 9.80. The van der Waals surface area contributed by atoms with Crippen LogP contribution in [0.4, 0.5) is 11.4 Å². The Morgan fingerprint density at radius 3 is 2.62 bits per heavy atom. The molecule has 0 aliphatic carbocycles. The maximum absolute atomic E-state index is 12.7. The molecule has 9 nitrogen and oxygen atoms in total. The van der Waals surface area contributed by atoms with Crippen molar-refractivity contribution in [3.05, 3.63) is 57.6 Å². The molecule has 0 radical (unpaired) electrons. The largest absolute Gasteiger partial charge is 0.486 e. The van der Waals surface area contributed by atoms with Crippen LogP contribution in [0.25, 0.3) is 0 Å². The first-order valence-corrected chi connectivity index (χ1v) is 9.11. The number of benzene rings is 2. The molecule has 2 aromatic rings. The molecule has 2 heterocycles. The maximum atomic E-state index is 12.7. The minimum absolute atomic E-state index is 0.0674. The minimum atomic E-state index is -0.970. The van der Waals surface area contributed by atoms with Gasteiger partial charge in [-0.25, -0.2) is 4.79 Å². The van der Waals surface area contributed by atoms with E-state index in [4.69, 9.17) is 14.2 Å². The number of nitrogens with zero attached hydrogens (tertiary/aromatic N) is 2. The Kier molecular flexibility index (Phi) is 4.79. The molecule has 29 heavy (non-hydrogen) atoms. The molecule has 1 amide bonds. The number of nitro benzene ring substituents is 1. The van der Waals surface area contributed by atoms with Crippen LogP contribution < -0.4 is 14.4 Å². The van der Waals surface area contributed by atoms with Crippen LogP contribution in [0.3, 0.4) is 0 Å². The van der Waals surface area contributed by atoms with Crippen molar-refractivity contribution in [2.75, 3.05) is 24.7 Å². The van der Waals surface area contributed by atoms with E-state index in [9.17, 15) is 19.7 Å². The van der Waals surface area contributed by atoms with E-state index in [1.165, 1.54) is 6.07 Å². The first kappa shape index (κ1) is 18.7.